The number of carbonyl (C=O) groups is 2. The van der Waals surface area contributed by atoms with Crippen LogP contribution in [0, 0.1) is 13.8 Å². The van der Waals surface area contributed by atoms with Gasteiger partial charge in [-0.3, -0.25) is 9.59 Å². The molecule has 0 heterocycles. The minimum absolute atomic E-state index is 0.0249. The molecule has 0 atom stereocenters. The van der Waals surface area contributed by atoms with E-state index in [0.29, 0.717) is 12.1 Å². The molecule has 0 fully saturated rings. The Hall–Kier alpha value is -1.84. The van der Waals surface area contributed by atoms with E-state index in [2.05, 4.69) is 12.2 Å². The van der Waals surface area contributed by atoms with Gasteiger partial charge >= 0.3 is 0 Å². The van der Waals surface area contributed by atoms with Crippen molar-refractivity contribution < 1.29 is 9.59 Å². The summed E-state index contributed by atoms with van der Waals surface area (Å²) in [5.41, 5.74) is 2.83. The summed E-state index contributed by atoms with van der Waals surface area (Å²) in [4.78, 5) is 25.9. The maximum atomic E-state index is 12.1. The molecule has 0 aliphatic rings. The van der Waals surface area contributed by atoms with E-state index < -0.39 is 0 Å². The average Bonchev–Trinajstić information content (AvgIpc) is 2.48. The molecule has 0 aliphatic heterocycles. The van der Waals surface area contributed by atoms with Gasteiger partial charge in [-0.2, -0.15) is 0 Å². The normalized spacial score (nSPS) is 10.3. The molecule has 116 valence electrons. The first kappa shape index (κ1) is 17.2. The van der Waals surface area contributed by atoms with Crippen molar-refractivity contribution in [2.75, 3.05) is 19.6 Å². The Morgan fingerprint density at radius 2 is 1.86 bits per heavy atom. The van der Waals surface area contributed by atoms with Crippen LogP contribution in [0.25, 0.3) is 0 Å². The summed E-state index contributed by atoms with van der Waals surface area (Å²) >= 11 is 0. The molecule has 0 unspecified atom stereocenters. The third kappa shape index (κ3) is 5.21. The highest BCUT2D eigenvalue weighted by Crippen LogP contribution is 2.09. The number of amides is 2. The molecule has 0 aromatic heterocycles. The topological polar surface area (TPSA) is 49.4 Å². The zero-order valence-corrected chi connectivity index (χ0v) is 13.5. The van der Waals surface area contributed by atoms with E-state index in [9.17, 15) is 9.59 Å². The number of carbonyl (C=O) groups excluding carboxylic acids is 2. The van der Waals surface area contributed by atoms with Gasteiger partial charge < -0.3 is 10.2 Å². The Morgan fingerprint density at radius 1 is 1.14 bits per heavy atom. The minimum Gasteiger partial charge on any atom is -0.343 e. The van der Waals surface area contributed by atoms with Crippen molar-refractivity contribution in [3.63, 3.8) is 0 Å². The van der Waals surface area contributed by atoms with Crippen LogP contribution in [-0.4, -0.2) is 36.3 Å². The van der Waals surface area contributed by atoms with Crippen molar-refractivity contribution in [3.05, 3.63) is 34.9 Å². The summed E-state index contributed by atoms with van der Waals surface area (Å²) < 4.78 is 0. The lowest BCUT2D eigenvalue weighted by molar-refractivity contribution is -0.130. The molecule has 0 spiro atoms. The highest BCUT2D eigenvalue weighted by atomic mass is 16.2. The number of nitrogens with zero attached hydrogens (tertiary/aromatic N) is 1. The van der Waals surface area contributed by atoms with Gasteiger partial charge in [0.25, 0.3) is 5.91 Å². The van der Waals surface area contributed by atoms with E-state index >= 15 is 0 Å². The summed E-state index contributed by atoms with van der Waals surface area (Å²) in [5.74, 6) is -0.221. The van der Waals surface area contributed by atoms with Gasteiger partial charge in [-0.1, -0.05) is 19.4 Å². The number of benzene rings is 1. The predicted molar refractivity (Wildman–Crippen MR) is 85.4 cm³/mol. The lowest BCUT2D eigenvalue weighted by Crippen LogP contribution is -2.40. The number of likely N-dealkylation sites (N-methyl/N-ethyl adjacent to an activating group) is 1. The van der Waals surface area contributed by atoms with Crippen LogP contribution in [0.2, 0.25) is 0 Å². The molecule has 0 radical (unpaired) electrons. The summed E-state index contributed by atoms with van der Waals surface area (Å²) in [5, 5.41) is 2.71. The number of hydrogen-bond donors (Lipinski definition) is 1. The molecular weight excluding hydrogens is 264 g/mol. The third-order valence-corrected chi connectivity index (χ3v) is 3.69. The van der Waals surface area contributed by atoms with E-state index in [4.69, 9.17) is 0 Å². The second-order valence-electron chi connectivity index (χ2n) is 5.31. The van der Waals surface area contributed by atoms with E-state index in [1.54, 1.807) is 11.0 Å². The molecule has 2 amide bonds. The number of nitrogens with one attached hydrogen (secondary N) is 1. The van der Waals surface area contributed by atoms with E-state index in [0.717, 1.165) is 30.5 Å². The van der Waals surface area contributed by atoms with Crippen molar-refractivity contribution in [3.8, 4) is 0 Å². The molecule has 1 rings (SSSR count). The van der Waals surface area contributed by atoms with Gasteiger partial charge in [0.2, 0.25) is 5.91 Å². The first-order valence-corrected chi connectivity index (χ1v) is 7.62. The predicted octanol–water partition coefficient (Wildman–Crippen LogP) is 2.68. The van der Waals surface area contributed by atoms with Crippen molar-refractivity contribution in [2.24, 2.45) is 0 Å². The maximum Gasteiger partial charge on any atom is 0.251 e. The van der Waals surface area contributed by atoms with Crippen LogP contribution in [-0.2, 0) is 4.79 Å². The van der Waals surface area contributed by atoms with Crippen molar-refractivity contribution >= 4 is 11.8 Å². The van der Waals surface area contributed by atoms with Gasteiger partial charge in [-0.05, 0) is 50.5 Å². The highest BCUT2D eigenvalue weighted by Gasteiger charge is 2.13. The fourth-order valence-corrected chi connectivity index (χ4v) is 2.06. The number of rotatable bonds is 7. The van der Waals surface area contributed by atoms with Gasteiger partial charge in [0, 0.05) is 18.7 Å². The van der Waals surface area contributed by atoms with Crippen LogP contribution in [0.4, 0.5) is 0 Å². The Kier molecular flexibility index (Phi) is 6.92. The standard InChI is InChI=1S/C17H26N2O2/c1-5-7-10-19(6-2)16(20)12-18-17(21)15-9-8-13(3)14(4)11-15/h8-9,11H,5-7,10,12H2,1-4H3,(H,18,21). The quantitative estimate of drug-likeness (QED) is 0.839. The molecular formula is C17H26N2O2. The molecule has 1 aromatic carbocycles. The second-order valence-corrected chi connectivity index (χ2v) is 5.31. The Balaban J connectivity index is 2.55. The van der Waals surface area contributed by atoms with Crippen LogP contribution >= 0.6 is 0 Å². The van der Waals surface area contributed by atoms with Gasteiger partial charge in [-0.15, -0.1) is 0 Å². The maximum absolute atomic E-state index is 12.1. The first-order valence-electron chi connectivity index (χ1n) is 7.62. The largest absolute Gasteiger partial charge is 0.343 e. The third-order valence-electron chi connectivity index (χ3n) is 3.69. The molecule has 4 nitrogen and oxygen atoms in total. The van der Waals surface area contributed by atoms with Crippen LogP contribution in [0.5, 0.6) is 0 Å². The van der Waals surface area contributed by atoms with Crippen LogP contribution in [0.15, 0.2) is 18.2 Å². The Labute approximate surface area is 127 Å². The smallest absolute Gasteiger partial charge is 0.251 e. The summed E-state index contributed by atoms with van der Waals surface area (Å²) in [7, 11) is 0. The lowest BCUT2D eigenvalue weighted by Gasteiger charge is -2.20. The monoisotopic (exact) mass is 290 g/mol. The molecule has 1 aromatic rings. The molecule has 0 saturated carbocycles. The second kappa shape index (κ2) is 8.45. The highest BCUT2D eigenvalue weighted by molar-refractivity contribution is 5.96. The molecule has 4 heteroatoms. The van der Waals surface area contributed by atoms with E-state index in [1.807, 2.05) is 32.9 Å². The lowest BCUT2D eigenvalue weighted by atomic mass is 10.1. The molecule has 0 bridgehead atoms. The molecule has 0 aliphatic carbocycles. The van der Waals surface area contributed by atoms with Gasteiger partial charge in [-0.25, -0.2) is 0 Å². The zero-order valence-electron chi connectivity index (χ0n) is 13.5. The average molecular weight is 290 g/mol. The summed E-state index contributed by atoms with van der Waals surface area (Å²) in [6.07, 6.45) is 2.05. The Bertz CT molecular complexity index is 498. The first-order chi connectivity index (χ1) is 9.99. The molecule has 21 heavy (non-hydrogen) atoms. The van der Waals surface area contributed by atoms with Crippen LogP contribution < -0.4 is 5.32 Å². The van der Waals surface area contributed by atoms with Gasteiger partial charge in [0.1, 0.15) is 0 Å². The Morgan fingerprint density at radius 3 is 2.43 bits per heavy atom. The summed E-state index contributed by atoms with van der Waals surface area (Å²) in [6.45, 7) is 9.53. The van der Waals surface area contributed by atoms with Crippen molar-refractivity contribution in [1.29, 1.82) is 0 Å². The molecule has 0 saturated heterocycles. The van der Waals surface area contributed by atoms with Gasteiger partial charge in [0.05, 0.1) is 6.54 Å². The van der Waals surface area contributed by atoms with E-state index in [1.165, 1.54) is 0 Å². The van der Waals surface area contributed by atoms with Crippen LogP contribution in [0.3, 0.4) is 0 Å². The van der Waals surface area contributed by atoms with Gasteiger partial charge in [0.15, 0.2) is 0 Å². The van der Waals surface area contributed by atoms with Crippen molar-refractivity contribution in [1.82, 2.24) is 10.2 Å². The SMILES string of the molecule is CCCCN(CC)C(=O)CNC(=O)c1ccc(C)c(C)c1. The zero-order chi connectivity index (χ0) is 15.8. The number of unbranched alkanes of at least 4 members (excludes halogenated alkanes) is 1. The minimum atomic E-state index is -0.196. The summed E-state index contributed by atoms with van der Waals surface area (Å²) in [6, 6.07) is 5.56. The van der Waals surface area contributed by atoms with E-state index in [-0.39, 0.29) is 18.4 Å². The van der Waals surface area contributed by atoms with Crippen LogP contribution in [0.1, 0.15) is 48.2 Å². The number of aryl methyl sites for hydroxylation is 2. The number of hydrogen-bond acceptors (Lipinski definition) is 2. The fourth-order valence-electron chi connectivity index (χ4n) is 2.06. The fraction of sp³-hybridized carbons (Fsp3) is 0.529. The molecule has 1 N–H and O–H groups in total. The van der Waals surface area contributed by atoms with Crippen molar-refractivity contribution in [2.45, 2.75) is 40.5 Å².